The van der Waals surface area contributed by atoms with Crippen molar-refractivity contribution in [1.29, 1.82) is 0 Å². The third-order valence-electron chi connectivity index (χ3n) is 5.24. The zero-order valence-corrected chi connectivity index (χ0v) is 19.1. The monoisotopic (exact) mass is 460 g/mol. The number of aromatic nitrogens is 3. The van der Waals surface area contributed by atoms with Gasteiger partial charge in [0.2, 0.25) is 11.7 Å². The van der Waals surface area contributed by atoms with E-state index >= 15 is 0 Å². The van der Waals surface area contributed by atoms with Crippen LogP contribution >= 0.6 is 0 Å². The van der Waals surface area contributed by atoms with Crippen LogP contribution in [0.2, 0.25) is 0 Å². The van der Waals surface area contributed by atoms with Crippen molar-refractivity contribution in [2.24, 2.45) is 0 Å². The van der Waals surface area contributed by atoms with E-state index in [2.05, 4.69) is 15.5 Å². The van der Waals surface area contributed by atoms with Crippen LogP contribution in [0.4, 0.5) is 0 Å². The number of carbonyl (C=O) groups excluding carboxylic acids is 1. The van der Waals surface area contributed by atoms with E-state index in [1.54, 1.807) is 19.2 Å². The fourth-order valence-electron chi connectivity index (χ4n) is 3.44. The van der Waals surface area contributed by atoms with E-state index in [1.807, 2.05) is 43.3 Å². The number of rotatable bonds is 8. The molecule has 1 N–H and O–H groups in total. The zero-order chi connectivity index (χ0) is 24.1. The predicted molar refractivity (Wildman–Crippen MR) is 126 cm³/mol. The maximum Gasteiger partial charge on any atom is 0.259 e. The Morgan fingerprint density at radius 1 is 1.03 bits per heavy atom. The quantitative estimate of drug-likeness (QED) is 0.430. The van der Waals surface area contributed by atoms with Crippen LogP contribution in [0.5, 0.6) is 11.5 Å². The van der Waals surface area contributed by atoms with Gasteiger partial charge >= 0.3 is 0 Å². The SMILES string of the molecule is COc1cccc(CNC(=O)Cn2cc(-c3nc(-c4ccc(C)cc4)no3)ccc2=O)c1OC. The molecule has 2 aromatic heterocycles. The molecule has 0 fully saturated rings. The summed E-state index contributed by atoms with van der Waals surface area (Å²) in [5.41, 5.74) is 2.92. The molecule has 0 unspecified atom stereocenters. The van der Waals surface area contributed by atoms with E-state index in [0.717, 1.165) is 16.7 Å². The molecule has 0 aliphatic carbocycles. The van der Waals surface area contributed by atoms with E-state index in [9.17, 15) is 9.59 Å². The second-order valence-electron chi connectivity index (χ2n) is 7.60. The maximum absolute atomic E-state index is 12.6. The Balaban J connectivity index is 1.47. The first-order valence-electron chi connectivity index (χ1n) is 10.6. The highest BCUT2D eigenvalue weighted by atomic mass is 16.5. The minimum atomic E-state index is -0.338. The van der Waals surface area contributed by atoms with Gasteiger partial charge in [0.15, 0.2) is 11.5 Å². The highest BCUT2D eigenvalue weighted by molar-refractivity contribution is 5.76. The third kappa shape index (κ3) is 4.98. The molecule has 0 saturated carbocycles. The summed E-state index contributed by atoms with van der Waals surface area (Å²) in [4.78, 5) is 29.3. The molecule has 0 aliphatic heterocycles. The number of hydrogen-bond acceptors (Lipinski definition) is 7. The van der Waals surface area contributed by atoms with Crippen LogP contribution in [0.15, 0.2) is 70.1 Å². The van der Waals surface area contributed by atoms with Crippen LogP contribution in [0, 0.1) is 6.92 Å². The van der Waals surface area contributed by atoms with Crippen LogP contribution in [-0.2, 0) is 17.9 Å². The van der Waals surface area contributed by atoms with E-state index in [1.165, 1.54) is 23.9 Å². The van der Waals surface area contributed by atoms with Crippen molar-refractivity contribution < 1.29 is 18.8 Å². The van der Waals surface area contributed by atoms with Gasteiger partial charge in [0, 0.05) is 29.9 Å². The van der Waals surface area contributed by atoms with E-state index in [-0.39, 0.29) is 30.4 Å². The van der Waals surface area contributed by atoms with Gasteiger partial charge in [-0.15, -0.1) is 0 Å². The topological polar surface area (TPSA) is 108 Å². The number of nitrogens with one attached hydrogen (secondary N) is 1. The minimum Gasteiger partial charge on any atom is -0.493 e. The molecular formula is C25H24N4O5. The number of benzene rings is 2. The minimum absolute atomic E-state index is 0.169. The molecule has 2 aromatic carbocycles. The standard InChI is InChI=1S/C25H24N4O5/c1-16-7-9-17(10-8-16)24-27-25(34-28-24)19-11-12-22(31)29(14-19)15-21(30)26-13-18-5-4-6-20(32-2)23(18)33-3/h4-12,14H,13,15H2,1-3H3,(H,26,30). The zero-order valence-electron chi connectivity index (χ0n) is 19.1. The fourth-order valence-corrected chi connectivity index (χ4v) is 3.44. The van der Waals surface area contributed by atoms with Crippen molar-refractivity contribution in [2.75, 3.05) is 14.2 Å². The summed E-state index contributed by atoms with van der Waals surface area (Å²) in [6.45, 7) is 2.05. The molecule has 2 heterocycles. The number of pyridine rings is 1. The van der Waals surface area contributed by atoms with Gasteiger partial charge in [0.1, 0.15) is 6.54 Å². The summed E-state index contributed by atoms with van der Waals surface area (Å²) in [7, 11) is 3.09. The maximum atomic E-state index is 12.6. The number of amides is 1. The lowest BCUT2D eigenvalue weighted by molar-refractivity contribution is -0.121. The average molecular weight is 460 g/mol. The van der Waals surface area contributed by atoms with E-state index in [0.29, 0.717) is 22.9 Å². The lowest BCUT2D eigenvalue weighted by Gasteiger charge is -2.13. The Labute approximate surface area is 196 Å². The molecule has 34 heavy (non-hydrogen) atoms. The van der Waals surface area contributed by atoms with Crippen LogP contribution in [0.1, 0.15) is 11.1 Å². The van der Waals surface area contributed by atoms with Crippen molar-refractivity contribution in [2.45, 2.75) is 20.0 Å². The molecule has 1 amide bonds. The molecule has 0 bridgehead atoms. The molecular weight excluding hydrogens is 436 g/mol. The Bertz CT molecular complexity index is 1360. The number of hydrogen-bond donors (Lipinski definition) is 1. The van der Waals surface area contributed by atoms with Gasteiger partial charge in [-0.1, -0.05) is 47.1 Å². The lowest BCUT2D eigenvalue weighted by atomic mass is 10.1. The van der Waals surface area contributed by atoms with Gasteiger partial charge < -0.3 is 23.9 Å². The summed E-state index contributed by atoms with van der Waals surface area (Å²) in [6.07, 6.45) is 1.53. The Kier molecular flexibility index (Phi) is 6.72. The summed E-state index contributed by atoms with van der Waals surface area (Å²) in [5, 5.41) is 6.83. The lowest BCUT2D eigenvalue weighted by Crippen LogP contribution is -2.31. The van der Waals surface area contributed by atoms with Crippen LogP contribution in [0.3, 0.4) is 0 Å². The largest absolute Gasteiger partial charge is 0.493 e. The van der Waals surface area contributed by atoms with Crippen molar-refractivity contribution in [3.8, 4) is 34.3 Å². The first kappa shape index (κ1) is 22.8. The summed E-state index contributed by atoms with van der Waals surface area (Å²) in [5.74, 6) is 1.48. The molecule has 0 radical (unpaired) electrons. The predicted octanol–water partition coefficient (Wildman–Crippen LogP) is 3.21. The molecule has 4 rings (SSSR count). The second kappa shape index (κ2) is 10.0. The molecule has 0 saturated heterocycles. The van der Waals surface area contributed by atoms with Gasteiger partial charge in [0.25, 0.3) is 11.4 Å². The van der Waals surface area contributed by atoms with Crippen molar-refractivity contribution in [1.82, 2.24) is 20.0 Å². The Morgan fingerprint density at radius 3 is 2.53 bits per heavy atom. The molecule has 174 valence electrons. The van der Waals surface area contributed by atoms with Crippen LogP contribution in [-0.4, -0.2) is 34.8 Å². The number of carbonyl (C=O) groups is 1. The van der Waals surface area contributed by atoms with Gasteiger partial charge in [-0.2, -0.15) is 4.98 Å². The van der Waals surface area contributed by atoms with Crippen molar-refractivity contribution >= 4 is 5.91 Å². The Hall–Kier alpha value is -4.40. The van der Waals surface area contributed by atoms with Crippen molar-refractivity contribution in [3.05, 3.63) is 82.3 Å². The average Bonchev–Trinajstić information content (AvgIpc) is 3.34. The number of para-hydroxylation sites is 1. The second-order valence-corrected chi connectivity index (χ2v) is 7.60. The van der Waals surface area contributed by atoms with E-state index < -0.39 is 0 Å². The number of aryl methyl sites for hydroxylation is 1. The third-order valence-corrected chi connectivity index (χ3v) is 5.24. The fraction of sp³-hybridized carbons (Fsp3) is 0.200. The molecule has 4 aromatic rings. The highest BCUT2D eigenvalue weighted by Gasteiger charge is 2.14. The summed E-state index contributed by atoms with van der Waals surface area (Å²) < 4.78 is 17.3. The summed E-state index contributed by atoms with van der Waals surface area (Å²) in [6, 6.07) is 16.1. The molecule has 0 aliphatic rings. The Morgan fingerprint density at radius 2 is 1.79 bits per heavy atom. The molecule has 0 spiro atoms. The summed E-state index contributed by atoms with van der Waals surface area (Å²) >= 11 is 0. The smallest absolute Gasteiger partial charge is 0.259 e. The van der Waals surface area contributed by atoms with Crippen LogP contribution in [0.25, 0.3) is 22.8 Å². The normalized spacial score (nSPS) is 10.7. The van der Waals surface area contributed by atoms with E-state index in [4.69, 9.17) is 14.0 Å². The number of methoxy groups -OCH3 is 2. The first-order valence-corrected chi connectivity index (χ1v) is 10.6. The first-order chi connectivity index (χ1) is 16.5. The van der Waals surface area contributed by atoms with Gasteiger partial charge in [-0.3, -0.25) is 9.59 Å². The van der Waals surface area contributed by atoms with Crippen LogP contribution < -0.4 is 20.3 Å². The van der Waals surface area contributed by atoms with Gasteiger partial charge in [0.05, 0.1) is 19.8 Å². The molecule has 9 heteroatoms. The molecule has 0 atom stereocenters. The van der Waals surface area contributed by atoms with Gasteiger partial charge in [-0.25, -0.2) is 0 Å². The highest BCUT2D eigenvalue weighted by Crippen LogP contribution is 2.30. The van der Waals surface area contributed by atoms with Crippen molar-refractivity contribution in [3.63, 3.8) is 0 Å². The number of ether oxygens (including phenoxy) is 2. The number of nitrogens with zero attached hydrogens (tertiary/aromatic N) is 3. The van der Waals surface area contributed by atoms with Gasteiger partial charge in [-0.05, 0) is 19.1 Å². The molecule has 9 nitrogen and oxygen atoms in total.